The van der Waals surface area contributed by atoms with Gasteiger partial charge in [0.25, 0.3) is 11.8 Å². The van der Waals surface area contributed by atoms with Crippen LogP contribution in [0.15, 0.2) is 48.5 Å². The number of hydrogen-bond donors (Lipinski definition) is 2. The average molecular weight is 370 g/mol. The van der Waals surface area contributed by atoms with Crippen LogP contribution in [0.3, 0.4) is 0 Å². The summed E-state index contributed by atoms with van der Waals surface area (Å²) in [6.45, 7) is 1.34. The summed E-state index contributed by atoms with van der Waals surface area (Å²) in [4.78, 5) is 23.7. The fraction of sp³-hybridized carbons (Fsp3) is 0.176. The molecule has 2 aromatic rings. The molecule has 26 heavy (non-hydrogen) atoms. The van der Waals surface area contributed by atoms with Crippen LogP contribution in [0.4, 0.5) is 17.6 Å². The Kier molecular flexibility index (Phi) is 5.81. The first-order valence-corrected chi connectivity index (χ1v) is 7.37. The van der Waals surface area contributed by atoms with Crippen molar-refractivity contribution in [3.05, 3.63) is 65.5 Å². The molecule has 0 saturated heterocycles. The molecule has 1 atom stereocenters. The number of hydrazine groups is 1. The van der Waals surface area contributed by atoms with E-state index in [0.717, 1.165) is 30.3 Å². The molecule has 0 radical (unpaired) electrons. The molecule has 0 aliphatic heterocycles. The summed E-state index contributed by atoms with van der Waals surface area (Å²) in [6, 6.07) is 8.92. The first kappa shape index (κ1) is 19.2. The van der Waals surface area contributed by atoms with Gasteiger partial charge in [0.05, 0.1) is 5.56 Å². The zero-order valence-corrected chi connectivity index (χ0v) is 13.4. The highest BCUT2D eigenvalue weighted by Crippen LogP contribution is 2.29. The minimum absolute atomic E-state index is 0.0824. The van der Waals surface area contributed by atoms with Crippen molar-refractivity contribution in [2.45, 2.75) is 19.2 Å². The van der Waals surface area contributed by atoms with Crippen molar-refractivity contribution in [3.8, 4) is 5.75 Å². The van der Waals surface area contributed by atoms with Crippen LogP contribution in [0.25, 0.3) is 0 Å². The van der Waals surface area contributed by atoms with E-state index in [1.54, 1.807) is 0 Å². The van der Waals surface area contributed by atoms with Gasteiger partial charge in [-0.1, -0.05) is 12.1 Å². The predicted octanol–water partition coefficient (Wildman–Crippen LogP) is 3.07. The fourth-order valence-corrected chi connectivity index (χ4v) is 1.89. The number of para-hydroxylation sites is 1. The monoisotopic (exact) mass is 370 g/mol. The normalized spacial score (nSPS) is 12.2. The van der Waals surface area contributed by atoms with Crippen LogP contribution in [0.5, 0.6) is 5.75 Å². The standard InChI is InChI=1S/C17H14F4N2O3/c1-10(26-14-5-3-2-4-13(14)18)15(24)22-23-16(25)11-6-8-12(9-7-11)17(19,20)21/h2-10H,1H3,(H,22,24)(H,23,25)/t10-/m0/s1. The lowest BCUT2D eigenvalue weighted by molar-refractivity contribution is -0.137. The molecule has 0 aliphatic carbocycles. The molecule has 2 rings (SSSR count). The van der Waals surface area contributed by atoms with Gasteiger partial charge in [-0.3, -0.25) is 20.4 Å². The molecule has 0 saturated carbocycles. The number of carbonyl (C=O) groups is 2. The Hall–Kier alpha value is -3.10. The second-order valence-electron chi connectivity index (χ2n) is 5.21. The first-order valence-electron chi connectivity index (χ1n) is 7.37. The summed E-state index contributed by atoms with van der Waals surface area (Å²) in [7, 11) is 0. The highest BCUT2D eigenvalue weighted by molar-refractivity contribution is 5.95. The third-order valence-electron chi connectivity index (χ3n) is 3.28. The maximum absolute atomic E-state index is 13.5. The summed E-state index contributed by atoms with van der Waals surface area (Å²) >= 11 is 0. The van der Waals surface area contributed by atoms with Gasteiger partial charge in [-0.05, 0) is 43.3 Å². The lowest BCUT2D eigenvalue weighted by atomic mass is 10.1. The van der Waals surface area contributed by atoms with E-state index in [0.29, 0.717) is 0 Å². The molecule has 2 aromatic carbocycles. The van der Waals surface area contributed by atoms with E-state index in [9.17, 15) is 27.2 Å². The van der Waals surface area contributed by atoms with Gasteiger partial charge in [-0.25, -0.2) is 4.39 Å². The molecule has 0 heterocycles. The molecule has 0 spiro atoms. The SMILES string of the molecule is C[C@H](Oc1ccccc1F)C(=O)NNC(=O)c1ccc(C(F)(F)F)cc1. The molecule has 0 aromatic heterocycles. The molecule has 5 nitrogen and oxygen atoms in total. The zero-order valence-electron chi connectivity index (χ0n) is 13.4. The van der Waals surface area contributed by atoms with Crippen molar-refractivity contribution in [3.63, 3.8) is 0 Å². The van der Waals surface area contributed by atoms with E-state index in [1.165, 1.54) is 25.1 Å². The molecular weight excluding hydrogens is 356 g/mol. The van der Waals surface area contributed by atoms with Crippen molar-refractivity contribution in [1.82, 2.24) is 10.9 Å². The Morgan fingerprint density at radius 3 is 2.19 bits per heavy atom. The number of ether oxygens (including phenoxy) is 1. The van der Waals surface area contributed by atoms with Crippen molar-refractivity contribution in [2.24, 2.45) is 0 Å². The molecule has 0 unspecified atom stereocenters. The van der Waals surface area contributed by atoms with E-state index >= 15 is 0 Å². The molecular formula is C17H14F4N2O3. The number of halogens is 4. The number of benzene rings is 2. The van der Waals surface area contributed by atoms with Crippen LogP contribution in [0.1, 0.15) is 22.8 Å². The Morgan fingerprint density at radius 1 is 1.00 bits per heavy atom. The second kappa shape index (κ2) is 7.85. The molecule has 0 fully saturated rings. The van der Waals surface area contributed by atoms with E-state index in [2.05, 4.69) is 5.43 Å². The van der Waals surface area contributed by atoms with Gasteiger partial charge in [0.2, 0.25) is 0 Å². The zero-order chi connectivity index (χ0) is 19.3. The fourth-order valence-electron chi connectivity index (χ4n) is 1.89. The summed E-state index contributed by atoms with van der Waals surface area (Å²) in [5, 5.41) is 0. The number of nitrogens with one attached hydrogen (secondary N) is 2. The summed E-state index contributed by atoms with van der Waals surface area (Å²) in [5.74, 6) is -2.37. The van der Waals surface area contributed by atoms with Crippen LogP contribution >= 0.6 is 0 Å². The maximum Gasteiger partial charge on any atom is 0.416 e. The number of carbonyl (C=O) groups excluding carboxylic acids is 2. The number of amides is 2. The van der Waals surface area contributed by atoms with Crippen molar-refractivity contribution in [2.75, 3.05) is 0 Å². The van der Waals surface area contributed by atoms with Gasteiger partial charge in [0.1, 0.15) is 0 Å². The summed E-state index contributed by atoms with van der Waals surface area (Å²) in [6.07, 6.45) is -5.64. The van der Waals surface area contributed by atoms with Crippen LogP contribution in [-0.4, -0.2) is 17.9 Å². The van der Waals surface area contributed by atoms with Crippen molar-refractivity contribution < 1.29 is 31.9 Å². The lowest BCUT2D eigenvalue weighted by Crippen LogP contribution is -2.47. The largest absolute Gasteiger partial charge is 0.478 e. The molecule has 138 valence electrons. The molecule has 9 heteroatoms. The van der Waals surface area contributed by atoms with Crippen LogP contribution < -0.4 is 15.6 Å². The third kappa shape index (κ3) is 4.95. The van der Waals surface area contributed by atoms with E-state index in [-0.39, 0.29) is 11.3 Å². The van der Waals surface area contributed by atoms with Gasteiger partial charge in [0.15, 0.2) is 17.7 Å². The van der Waals surface area contributed by atoms with Crippen LogP contribution in [0.2, 0.25) is 0 Å². The van der Waals surface area contributed by atoms with Crippen LogP contribution in [-0.2, 0) is 11.0 Å². The van der Waals surface area contributed by atoms with E-state index in [1.807, 2.05) is 5.43 Å². The lowest BCUT2D eigenvalue weighted by Gasteiger charge is -2.15. The molecule has 2 amide bonds. The minimum Gasteiger partial charge on any atom is -0.478 e. The highest BCUT2D eigenvalue weighted by Gasteiger charge is 2.30. The smallest absolute Gasteiger partial charge is 0.416 e. The molecule has 0 aliphatic rings. The Balaban J connectivity index is 1.90. The van der Waals surface area contributed by atoms with Crippen molar-refractivity contribution in [1.29, 1.82) is 0 Å². The van der Waals surface area contributed by atoms with Gasteiger partial charge in [0, 0.05) is 5.56 Å². The van der Waals surface area contributed by atoms with E-state index in [4.69, 9.17) is 4.74 Å². The Bertz CT molecular complexity index is 791. The average Bonchev–Trinajstić information content (AvgIpc) is 2.60. The van der Waals surface area contributed by atoms with Gasteiger partial charge < -0.3 is 4.74 Å². The minimum atomic E-state index is -4.51. The van der Waals surface area contributed by atoms with Crippen LogP contribution in [0, 0.1) is 5.82 Å². The van der Waals surface area contributed by atoms with E-state index < -0.39 is 35.5 Å². The number of alkyl halides is 3. The number of hydrogen-bond acceptors (Lipinski definition) is 3. The van der Waals surface area contributed by atoms with Crippen molar-refractivity contribution >= 4 is 11.8 Å². The molecule has 0 bridgehead atoms. The summed E-state index contributed by atoms with van der Waals surface area (Å²) < 4.78 is 56.0. The quantitative estimate of drug-likeness (QED) is 0.642. The van der Waals surface area contributed by atoms with Gasteiger partial charge >= 0.3 is 6.18 Å². The highest BCUT2D eigenvalue weighted by atomic mass is 19.4. The number of rotatable bonds is 4. The molecule has 2 N–H and O–H groups in total. The predicted molar refractivity (Wildman–Crippen MR) is 83.5 cm³/mol. The second-order valence-corrected chi connectivity index (χ2v) is 5.21. The first-order chi connectivity index (χ1) is 12.2. The topological polar surface area (TPSA) is 67.4 Å². The third-order valence-corrected chi connectivity index (χ3v) is 3.28. The Labute approximate surface area is 145 Å². The van der Waals surface area contributed by atoms with Gasteiger partial charge in [-0.15, -0.1) is 0 Å². The van der Waals surface area contributed by atoms with Gasteiger partial charge in [-0.2, -0.15) is 13.2 Å². The maximum atomic E-state index is 13.5. The summed E-state index contributed by atoms with van der Waals surface area (Å²) in [5.41, 5.74) is 3.12. The Morgan fingerprint density at radius 2 is 1.62 bits per heavy atom.